The van der Waals surface area contributed by atoms with Gasteiger partial charge >= 0.3 is 0 Å². The van der Waals surface area contributed by atoms with E-state index in [0.717, 1.165) is 0 Å². The zero-order valence-corrected chi connectivity index (χ0v) is 7.86. The van der Waals surface area contributed by atoms with E-state index in [9.17, 15) is 4.79 Å². The standard InChI is InChI=1S/C8H18N2O3/c1-2-6(3-9)8(13)10-7(4-11)5-12/h6-7,11-12H,2-5,9H2,1H3,(H,10,13). The van der Waals surface area contributed by atoms with Crippen molar-refractivity contribution in [3.05, 3.63) is 0 Å². The Labute approximate surface area is 77.9 Å². The predicted molar refractivity (Wildman–Crippen MR) is 48.9 cm³/mol. The molecule has 0 aliphatic rings. The van der Waals surface area contributed by atoms with E-state index in [1.807, 2.05) is 6.92 Å². The van der Waals surface area contributed by atoms with Gasteiger partial charge in [0.2, 0.25) is 5.91 Å². The normalized spacial score (nSPS) is 13.0. The lowest BCUT2D eigenvalue weighted by Gasteiger charge is -2.17. The summed E-state index contributed by atoms with van der Waals surface area (Å²) in [6, 6.07) is -0.576. The monoisotopic (exact) mass is 190 g/mol. The Morgan fingerprint density at radius 3 is 2.31 bits per heavy atom. The average Bonchev–Trinajstić information content (AvgIpc) is 2.16. The van der Waals surface area contributed by atoms with Gasteiger partial charge in [0, 0.05) is 12.5 Å². The molecule has 5 heteroatoms. The van der Waals surface area contributed by atoms with Crippen LogP contribution in [0.25, 0.3) is 0 Å². The molecule has 0 aromatic rings. The number of carbonyl (C=O) groups is 1. The zero-order chi connectivity index (χ0) is 10.3. The quantitative estimate of drug-likeness (QED) is 0.407. The van der Waals surface area contributed by atoms with Crippen molar-refractivity contribution in [3.8, 4) is 0 Å². The Balaban J connectivity index is 3.95. The molecule has 0 fully saturated rings. The fraction of sp³-hybridized carbons (Fsp3) is 0.875. The van der Waals surface area contributed by atoms with Crippen molar-refractivity contribution >= 4 is 5.91 Å². The number of hydrogen-bond donors (Lipinski definition) is 4. The van der Waals surface area contributed by atoms with Crippen LogP contribution in [0.1, 0.15) is 13.3 Å². The maximum atomic E-state index is 11.3. The molecule has 5 nitrogen and oxygen atoms in total. The van der Waals surface area contributed by atoms with Gasteiger partial charge in [0.05, 0.1) is 19.3 Å². The second-order valence-corrected chi connectivity index (χ2v) is 2.91. The number of carbonyl (C=O) groups excluding carboxylic acids is 1. The minimum atomic E-state index is -0.576. The van der Waals surface area contributed by atoms with Crippen LogP contribution in [-0.2, 0) is 4.79 Å². The minimum absolute atomic E-state index is 0.210. The van der Waals surface area contributed by atoms with Crippen LogP contribution in [0.2, 0.25) is 0 Å². The minimum Gasteiger partial charge on any atom is -0.394 e. The van der Waals surface area contributed by atoms with E-state index < -0.39 is 6.04 Å². The van der Waals surface area contributed by atoms with Gasteiger partial charge in [-0.3, -0.25) is 4.79 Å². The van der Waals surface area contributed by atoms with E-state index in [2.05, 4.69) is 5.32 Å². The summed E-state index contributed by atoms with van der Waals surface area (Å²) >= 11 is 0. The van der Waals surface area contributed by atoms with Crippen LogP contribution in [0.4, 0.5) is 0 Å². The van der Waals surface area contributed by atoms with Crippen LogP contribution in [0, 0.1) is 5.92 Å². The number of aliphatic hydroxyl groups is 2. The SMILES string of the molecule is CCC(CN)C(=O)NC(CO)CO. The number of nitrogens with one attached hydrogen (secondary N) is 1. The largest absolute Gasteiger partial charge is 0.394 e. The summed E-state index contributed by atoms with van der Waals surface area (Å²) < 4.78 is 0. The summed E-state index contributed by atoms with van der Waals surface area (Å²) in [4.78, 5) is 11.3. The van der Waals surface area contributed by atoms with E-state index in [1.165, 1.54) is 0 Å². The van der Waals surface area contributed by atoms with Crippen molar-refractivity contribution in [2.75, 3.05) is 19.8 Å². The average molecular weight is 190 g/mol. The molecule has 13 heavy (non-hydrogen) atoms. The molecule has 0 aliphatic heterocycles. The summed E-state index contributed by atoms with van der Waals surface area (Å²) in [5, 5.41) is 19.9. The summed E-state index contributed by atoms with van der Waals surface area (Å²) in [7, 11) is 0. The molecule has 1 unspecified atom stereocenters. The van der Waals surface area contributed by atoms with Gasteiger partial charge in [-0.15, -0.1) is 0 Å². The number of rotatable bonds is 6. The molecule has 0 radical (unpaired) electrons. The van der Waals surface area contributed by atoms with E-state index in [0.29, 0.717) is 6.42 Å². The Bertz CT molecular complexity index is 144. The first-order chi connectivity index (χ1) is 6.19. The highest BCUT2D eigenvalue weighted by Gasteiger charge is 2.17. The highest BCUT2D eigenvalue weighted by molar-refractivity contribution is 5.79. The molecule has 0 bridgehead atoms. The molecular formula is C8H18N2O3. The van der Waals surface area contributed by atoms with Gasteiger partial charge in [-0.1, -0.05) is 6.92 Å². The van der Waals surface area contributed by atoms with E-state index in [-0.39, 0.29) is 31.6 Å². The summed E-state index contributed by atoms with van der Waals surface area (Å²) in [5.41, 5.74) is 5.36. The van der Waals surface area contributed by atoms with Crippen LogP contribution in [0.15, 0.2) is 0 Å². The first kappa shape index (κ1) is 12.3. The summed E-state index contributed by atoms with van der Waals surface area (Å²) in [5.74, 6) is -0.446. The number of hydrogen-bond acceptors (Lipinski definition) is 4. The van der Waals surface area contributed by atoms with Crippen LogP contribution < -0.4 is 11.1 Å². The van der Waals surface area contributed by atoms with Gasteiger partial charge in [0.1, 0.15) is 0 Å². The maximum Gasteiger partial charge on any atom is 0.224 e. The van der Waals surface area contributed by atoms with Crippen molar-refractivity contribution in [2.45, 2.75) is 19.4 Å². The third-order valence-corrected chi connectivity index (χ3v) is 1.94. The van der Waals surface area contributed by atoms with E-state index >= 15 is 0 Å². The summed E-state index contributed by atoms with van der Waals surface area (Å²) in [6.45, 7) is 1.63. The van der Waals surface area contributed by atoms with Crippen molar-refractivity contribution in [2.24, 2.45) is 11.7 Å². The van der Waals surface area contributed by atoms with Crippen LogP contribution in [0.5, 0.6) is 0 Å². The van der Waals surface area contributed by atoms with E-state index in [1.54, 1.807) is 0 Å². The molecule has 0 saturated carbocycles. The lowest BCUT2D eigenvalue weighted by Crippen LogP contribution is -2.44. The number of aliphatic hydroxyl groups excluding tert-OH is 2. The Kier molecular flexibility index (Phi) is 6.48. The summed E-state index contributed by atoms with van der Waals surface area (Å²) in [6.07, 6.45) is 0.659. The van der Waals surface area contributed by atoms with Crippen molar-refractivity contribution in [1.29, 1.82) is 0 Å². The zero-order valence-electron chi connectivity index (χ0n) is 7.86. The first-order valence-electron chi connectivity index (χ1n) is 4.41. The van der Waals surface area contributed by atoms with Gasteiger partial charge in [-0.25, -0.2) is 0 Å². The fourth-order valence-corrected chi connectivity index (χ4v) is 0.927. The van der Waals surface area contributed by atoms with Gasteiger partial charge in [0.15, 0.2) is 0 Å². The highest BCUT2D eigenvalue weighted by Crippen LogP contribution is 1.99. The van der Waals surface area contributed by atoms with Gasteiger partial charge in [-0.05, 0) is 6.42 Å². The predicted octanol–water partition coefficient (Wildman–Crippen LogP) is -1.56. The van der Waals surface area contributed by atoms with E-state index in [4.69, 9.17) is 15.9 Å². The third kappa shape index (κ3) is 4.21. The van der Waals surface area contributed by atoms with Gasteiger partial charge < -0.3 is 21.3 Å². The molecular weight excluding hydrogens is 172 g/mol. The highest BCUT2D eigenvalue weighted by atomic mass is 16.3. The molecule has 0 aromatic carbocycles. The maximum absolute atomic E-state index is 11.3. The van der Waals surface area contributed by atoms with Crippen molar-refractivity contribution < 1.29 is 15.0 Å². The van der Waals surface area contributed by atoms with Gasteiger partial charge in [0.25, 0.3) is 0 Å². The number of nitrogens with two attached hydrogens (primary N) is 1. The molecule has 1 amide bonds. The van der Waals surface area contributed by atoms with Gasteiger partial charge in [-0.2, -0.15) is 0 Å². The first-order valence-corrected chi connectivity index (χ1v) is 4.41. The molecule has 0 spiro atoms. The molecule has 0 saturated heterocycles. The molecule has 5 N–H and O–H groups in total. The second-order valence-electron chi connectivity index (χ2n) is 2.91. The Morgan fingerprint density at radius 2 is 2.00 bits per heavy atom. The lowest BCUT2D eigenvalue weighted by atomic mass is 10.1. The number of amides is 1. The topological polar surface area (TPSA) is 95.6 Å². The molecule has 0 aliphatic carbocycles. The third-order valence-electron chi connectivity index (χ3n) is 1.94. The Morgan fingerprint density at radius 1 is 1.46 bits per heavy atom. The van der Waals surface area contributed by atoms with Crippen molar-refractivity contribution in [3.63, 3.8) is 0 Å². The molecule has 78 valence electrons. The van der Waals surface area contributed by atoms with Crippen molar-refractivity contribution in [1.82, 2.24) is 5.32 Å². The van der Waals surface area contributed by atoms with Crippen LogP contribution in [-0.4, -0.2) is 41.9 Å². The van der Waals surface area contributed by atoms with Crippen LogP contribution in [0.3, 0.4) is 0 Å². The molecule has 0 heterocycles. The molecule has 0 rings (SSSR count). The lowest BCUT2D eigenvalue weighted by molar-refractivity contribution is -0.126. The smallest absolute Gasteiger partial charge is 0.224 e. The molecule has 1 atom stereocenters. The Hall–Kier alpha value is -0.650. The fourth-order valence-electron chi connectivity index (χ4n) is 0.927. The second kappa shape index (κ2) is 6.82. The van der Waals surface area contributed by atoms with Crippen LogP contribution >= 0.6 is 0 Å². The molecule has 0 aromatic heterocycles.